The second-order valence-electron chi connectivity index (χ2n) is 5.46. The molecule has 0 aliphatic rings. The van der Waals surface area contributed by atoms with Crippen LogP contribution in [0.15, 0.2) is 24.3 Å². The molecule has 1 atom stereocenters. The van der Waals surface area contributed by atoms with E-state index in [-0.39, 0.29) is 19.0 Å². The molecule has 1 aromatic heterocycles. The van der Waals surface area contributed by atoms with Crippen LogP contribution in [0.2, 0.25) is 0 Å². The van der Waals surface area contributed by atoms with Gasteiger partial charge in [0, 0.05) is 12.1 Å². The van der Waals surface area contributed by atoms with Gasteiger partial charge in [-0.2, -0.15) is 0 Å². The number of rotatable bonds is 7. The van der Waals surface area contributed by atoms with Crippen LogP contribution in [0.1, 0.15) is 30.0 Å². The maximum Gasteiger partial charge on any atom is 0.315 e. The van der Waals surface area contributed by atoms with Crippen molar-refractivity contribution in [3.05, 3.63) is 34.8 Å². The predicted octanol–water partition coefficient (Wildman–Crippen LogP) is 2.96. The number of thiazole rings is 1. The number of carboxylic acids is 1. The number of methoxy groups -OCH3 is 1. The summed E-state index contributed by atoms with van der Waals surface area (Å²) < 4.78 is 5.15. The summed E-state index contributed by atoms with van der Waals surface area (Å²) in [5.74, 6) is -0.166. The number of nitrogens with one attached hydrogen (secondary N) is 2. The lowest BCUT2D eigenvalue weighted by Gasteiger charge is -2.13. The molecule has 8 heteroatoms. The van der Waals surface area contributed by atoms with Gasteiger partial charge in [0.25, 0.3) is 0 Å². The molecule has 1 aromatic carbocycles. The minimum atomic E-state index is -0.948. The van der Waals surface area contributed by atoms with Crippen LogP contribution in [0.25, 0.3) is 10.6 Å². The van der Waals surface area contributed by atoms with Gasteiger partial charge in [0.15, 0.2) is 0 Å². The number of carbonyl (C=O) groups is 2. The van der Waals surface area contributed by atoms with E-state index in [0.29, 0.717) is 0 Å². The number of aromatic nitrogens is 1. The summed E-state index contributed by atoms with van der Waals surface area (Å²) >= 11 is 1.52. The minimum Gasteiger partial charge on any atom is -0.497 e. The van der Waals surface area contributed by atoms with E-state index in [1.54, 1.807) is 7.11 Å². The molecule has 7 nitrogen and oxygen atoms in total. The second kappa shape index (κ2) is 8.48. The van der Waals surface area contributed by atoms with Crippen molar-refractivity contribution in [2.24, 2.45) is 0 Å². The number of urea groups is 1. The number of amides is 2. The summed E-state index contributed by atoms with van der Waals surface area (Å²) in [5, 5.41) is 14.8. The zero-order chi connectivity index (χ0) is 18.4. The molecule has 25 heavy (non-hydrogen) atoms. The molecule has 0 aliphatic carbocycles. The average Bonchev–Trinajstić information content (AvgIpc) is 2.96. The molecule has 0 radical (unpaired) electrons. The number of ether oxygens (including phenoxy) is 1. The van der Waals surface area contributed by atoms with Crippen molar-refractivity contribution in [2.45, 2.75) is 26.3 Å². The van der Waals surface area contributed by atoms with E-state index in [1.807, 2.05) is 38.1 Å². The van der Waals surface area contributed by atoms with Crippen molar-refractivity contribution in [3.8, 4) is 16.3 Å². The highest BCUT2D eigenvalue weighted by Gasteiger charge is 2.17. The highest BCUT2D eigenvalue weighted by molar-refractivity contribution is 7.15. The lowest BCUT2D eigenvalue weighted by atomic mass is 10.2. The second-order valence-corrected chi connectivity index (χ2v) is 6.49. The molecule has 3 N–H and O–H groups in total. The number of carboxylic acid groups (broad SMARTS) is 1. The Kier molecular flexibility index (Phi) is 6.35. The quantitative estimate of drug-likeness (QED) is 0.702. The molecule has 2 amide bonds. The monoisotopic (exact) mass is 363 g/mol. The van der Waals surface area contributed by atoms with E-state index in [0.717, 1.165) is 26.9 Å². The third-order valence-electron chi connectivity index (χ3n) is 3.53. The summed E-state index contributed by atoms with van der Waals surface area (Å²) in [5.41, 5.74) is 1.84. The first-order valence-electron chi connectivity index (χ1n) is 7.78. The molecule has 0 fully saturated rings. The third-order valence-corrected chi connectivity index (χ3v) is 4.92. The fourth-order valence-corrected chi connectivity index (χ4v) is 3.34. The normalized spacial score (nSPS) is 11.6. The smallest absolute Gasteiger partial charge is 0.315 e. The van der Waals surface area contributed by atoms with Crippen molar-refractivity contribution in [3.63, 3.8) is 0 Å². The molecule has 134 valence electrons. The lowest BCUT2D eigenvalue weighted by molar-refractivity contribution is -0.136. The van der Waals surface area contributed by atoms with E-state index >= 15 is 0 Å². The van der Waals surface area contributed by atoms with Crippen LogP contribution >= 0.6 is 11.3 Å². The molecular weight excluding hydrogens is 342 g/mol. The van der Waals surface area contributed by atoms with Gasteiger partial charge in [0.2, 0.25) is 0 Å². The van der Waals surface area contributed by atoms with Crippen molar-refractivity contribution in [2.75, 3.05) is 13.7 Å². The highest BCUT2D eigenvalue weighted by Crippen LogP contribution is 2.32. The molecule has 0 aliphatic heterocycles. The Balaban J connectivity index is 2.02. The minimum absolute atomic E-state index is 0.0899. The summed E-state index contributed by atoms with van der Waals surface area (Å²) in [6.45, 7) is 3.86. The number of benzene rings is 1. The first kappa shape index (κ1) is 18.7. The molecule has 1 unspecified atom stereocenters. The van der Waals surface area contributed by atoms with Gasteiger partial charge < -0.3 is 20.5 Å². The number of hydrogen-bond acceptors (Lipinski definition) is 5. The van der Waals surface area contributed by atoms with Crippen LogP contribution in [-0.4, -0.2) is 35.7 Å². The first-order valence-corrected chi connectivity index (χ1v) is 8.60. The standard InChI is InChI=1S/C17H21N3O4S/c1-10-15(11(2)20-17(23)18-9-8-14(21)22)25-16(19-10)12-4-6-13(24-3)7-5-12/h4-7,11H,8-9H2,1-3H3,(H,21,22)(H2,18,20,23). The van der Waals surface area contributed by atoms with Gasteiger partial charge in [-0.3, -0.25) is 4.79 Å². The number of aryl methyl sites for hydroxylation is 1. The number of hydrogen-bond donors (Lipinski definition) is 3. The van der Waals surface area contributed by atoms with Gasteiger partial charge in [0.05, 0.1) is 30.1 Å². The summed E-state index contributed by atoms with van der Waals surface area (Å²) in [6, 6.07) is 7.02. The van der Waals surface area contributed by atoms with Crippen molar-refractivity contribution in [1.82, 2.24) is 15.6 Å². The SMILES string of the molecule is COc1ccc(-c2nc(C)c(C(C)NC(=O)NCCC(=O)O)s2)cc1. The van der Waals surface area contributed by atoms with Crippen LogP contribution in [-0.2, 0) is 4.79 Å². The van der Waals surface area contributed by atoms with Crippen LogP contribution in [0.5, 0.6) is 5.75 Å². The lowest BCUT2D eigenvalue weighted by Crippen LogP contribution is -2.37. The van der Waals surface area contributed by atoms with Gasteiger partial charge in [-0.1, -0.05) is 0 Å². The van der Waals surface area contributed by atoms with Crippen LogP contribution in [0.4, 0.5) is 4.79 Å². The zero-order valence-electron chi connectivity index (χ0n) is 14.3. The number of carbonyl (C=O) groups excluding carboxylic acids is 1. The number of nitrogens with zero attached hydrogens (tertiary/aromatic N) is 1. The van der Waals surface area contributed by atoms with Gasteiger partial charge >= 0.3 is 12.0 Å². The summed E-state index contributed by atoms with van der Waals surface area (Å²) in [7, 11) is 1.62. The number of aliphatic carboxylic acids is 1. The Morgan fingerprint density at radius 1 is 1.32 bits per heavy atom. The largest absolute Gasteiger partial charge is 0.497 e. The predicted molar refractivity (Wildman–Crippen MR) is 96.0 cm³/mol. The first-order chi connectivity index (χ1) is 11.9. The van der Waals surface area contributed by atoms with Gasteiger partial charge in [0.1, 0.15) is 10.8 Å². The van der Waals surface area contributed by atoms with Crippen LogP contribution in [0, 0.1) is 6.92 Å². The van der Waals surface area contributed by atoms with Crippen molar-refractivity contribution < 1.29 is 19.4 Å². The van der Waals surface area contributed by atoms with E-state index in [1.165, 1.54) is 11.3 Å². The Morgan fingerprint density at radius 3 is 2.60 bits per heavy atom. The summed E-state index contributed by atoms with van der Waals surface area (Å²) in [4.78, 5) is 27.8. The van der Waals surface area contributed by atoms with Crippen molar-refractivity contribution >= 4 is 23.3 Å². The third kappa shape index (κ3) is 5.18. The topological polar surface area (TPSA) is 101 Å². The molecule has 0 saturated carbocycles. The highest BCUT2D eigenvalue weighted by atomic mass is 32.1. The molecule has 0 bridgehead atoms. The Bertz CT molecular complexity index is 743. The van der Waals surface area contributed by atoms with Gasteiger partial charge in [-0.15, -0.1) is 11.3 Å². The van der Waals surface area contributed by atoms with Gasteiger partial charge in [-0.05, 0) is 38.1 Å². The fourth-order valence-electron chi connectivity index (χ4n) is 2.26. The molecule has 2 aromatic rings. The Labute approximate surface area is 150 Å². The van der Waals surface area contributed by atoms with E-state index in [9.17, 15) is 9.59 Å². The maximum absolute atomic E-state index is 11.8. The Morgan fingerprint density at radius 2 is 2.00 bits per heavy atom. The fraction of sp³-hybridized carbons (Fsp3) is 0.353. The molecule has 2 rings (SSSR count). The molecule has 0 spiro atoms. The summed E-state index contributed by atoms with van der Waals surface area (Å²) in [6.07, 6.45) is -0.108. The Hall–Kier alpha value is -2.61. The maximum atomic E-state index is 11.8. The van der Waals surface area contributed by atoms with Crippen LogP contribution < -0.4 is 15.4 Å². The molecule has 0 saturated heterocycles. The van der Waals surface area contributed by atoms with Crippen molar-refractivity contribution in [1.29, 1.82) is 0 Å². The molecular formula is C17H21N3O4S. The van der Waals surface area contributed by atoms with E-state index in [4.69, 9.17) is 9.84 Å². The van der Waals surface area contributed by atoms with Gasteiger partial charge in [-0.25, -0.2) is 9.78 Å². The van der Waals surface area contributed by atoms with E-state index < -0.39 is 12.0 Å². The molecule has 1 heterocycles. The zero-order valence-corrected chi connectivity index (χ0v) is 15.1. The van der Waals surface area contributed by atoms with E-state index in [2.05, 4.69) is 15.6 Å². The van der Waals surface area contributed by atoms with Crippen LogP contribution in [0.3, 0.4) is 0 Å². The average molecular weight is 363 g/mol.